The number of rotatable bonds is 4. The van der Waals surface area contributed by atoms with Crippen molar-refractivity contribution in [3.05, 3.63) is 34.9 Å². The number of carboxylic acid groups (broad SMARTS) is 1. The third-order valence-electron chi connectivity index (χ3n) is 4.80. The minimum absolute atomic E-state index is 0.0991. The Labute approximate surface area is 133 Å². The van der Waals surface area contributed by atoms with Crippen LogP contribution in [-0.4, -0.2) is 27.2 Å². The van der Waals surface area contributed by atoms with Crippen molar-refractivity contribution in [3.63, 3.8) is 0 Å². The van der Waals surface area contributed by atoms with Gasteiger partial charge in [0.05, 0.1) is 5.60 Å². The maximum absolute atomic E-state index is 14.8. The highest BCUT2D eigenvalue weighted by Gasteiger charge is 2.52. The molecule has 0 aromatic heterocycles. The van der Waals surface area contributed by atoms with Gasteiger partial charge in [-0.05, 0) is 30.9 Å². The summed E-state index contributed by atoms with van der Waals surface area (Å²) in [5, 5.41) is 9.08. The summed E-state index contributed by atoms with van der Waals surface area (Å²) in [6.07, 6.45) is 0. The van der Waals surface area contributed by atoms with Crippen LogP contribution < -0.4 is 0 Å². The van der Waals surface area contributed by atoms with Gasteiger partial charge in [-0.15, -0.1) is 0 Å². The Kier molecular flexibility index (Phi) is 4.90. The number of carbonyl (C=O) groups is 1. The second kappa shape index (κ2) is 5.74. The van der Waals surface area contributed by atoms with Crippen LogP contribution in [0.5, 0.6) is 0 Å². The Morgan fingerprint density at radius 2 is 1.64 bits per heavy atom. The molecule has 0 saturated carbocycles. The quantitative estimate of drug-likeness (QED) is 0.855. The van der Waals surface area contributed by atoms with Crippen LogP contribution in [0.2, 0.25) is 0 Å². The maximum Gasteiger partial charge on any atom is 0.341 e. The van der Waals surface area contributed by atoms with Crippen LogP contribution in [-0.2, 0) is 9.84 Å². The van der Waals surface area contributed by atoms with Gasteiger partial charge in [0, 0.05) is 5.41 Å². The van der Waals surface area contributed by atoms with Gasteiger partial charge in [0.2, 0.25) is 10.5 Å². The van der Waals surface area contributed by atoms with E-state index < -0.39 is 39.6 Å². The monoisotopic (exact) mass is 327 g/mol. The Morgan fingerprint density at radius 1 is 1.14 bits per heavy atom. The first-order chi connectivity index (χ1) is 9.81. The average molecular weight is 327 g/mol. The molecule has 0 aliphatic heterocycles. The van der Waals surface area contributed by atoms with Crippen molar-refractivity contribution in [1.82, 2.24) is 0 Å². The molecule has 121 valence electrons. The minimum Gasteiger partial charge on any atom is -0.477 e. The van der Waals surface area contributed by atoms with Gasteiger partial charge in [-0.1, -0.05) is 33.8 Å². The number of hydrogen-bond donors (Lipinski definition) is 1. The van der Waals surface area contributed by atoms with E-state index in [2.05, 4.69) is 10.5 Å². The molecule has 0 amide bonds. The van der Waals surface area contributed by atoms with Crippen LogP contribution in [0.25, 0.3) is 0 Å². The van der Waals surface area contributed by atoms with Gasteiger partial charge in [-0.3, -0.25) is 0 Å². The molecule has 0 saturated heterocycles. The highest BCUT2D eigenvalue weighted by molar-refractivity contribution is 5.98. The van der Waals surface area contributed by atoms with Crippen molar-refractivity contribution in [2.24, 2.45) is 5.41 Å². The molecule has 0 spiro atoms. The van der Waals surface area contributed by atoms with Crippen LogP contribution in [0, 0.1) is 17.0 Å². The summed E-state index contributed by atoms with van der Waals surface area (Å²) in [5.74, 6) is -3.80. The molecule has 3 radical (unpaired) electrons. The van der Waals surface area contributed by atoms with Crippen molar-refractivity contribution in [3.8, 4) is 0 Å². The molecular formula is C16H21F2O3Si. The van der Waals surface area contributed by atoms with E-state index in [4.69, 9.17) is 9.53 Å². The largest absolute Gasteiger partial charge is 0.477 e. The maximum atomic E-state index is 14.8. The van der Waals surface area contributed by atoms with Crippen molar-refractivity contribution < 1.29 is 23.1 Å². The Bertz CT molecular complexity index is 594. The first-order valence-electron chi connectivity index (χ1n) is 6.87. The van der Waals surface area contributed by atoms with Gasteiger partial charge >= 0.3 is 5.97 Å². The summed E-state index contributed by atoms with van der Waals surface area (Å²) in [6.45, 7) is 11.0. The smallest absolute Gasteiger partial charge is 0.341 e. The fraction of sp³-hybridized carbons (Fsp3) is 0.562. The Balaban J connectivity index is 3.82. The number of benzene rings is 1. The molecule has 22 heavy (non-hydrogen) atoms. The highest BCUT2D eigenvalue weighted by Crippen LogP contribution is 2.51. The molecule has 0 aliphatic carbocycles. The summed E-state index contributed by atoms with van der Waals surface area (Å²) >= 11 is 0. The molecule has 0 heterocycles. The van der Waals surface area contributed by atoms with Gasteiger partial charge in [0.25, 0.3) is 0 Å². The fourth-order valence-electron chi connectivity index (χ4n) is 2.87. The lowest BCUT2D eigenvalue weighted by Gasteiger charge is -2.52. The predicted molar refractivity (Wildman–Crippen MR) is 81.0 cm³/mol. The SMILES string of the molecule is CC(C)(C)C(C)(c1ccc(F)c(C(=O)O)c1F)C(C)(C)O[Si]. The van der Waals surface area contributed by atoms with Gasteiger partial charge in [0.1, 0.15) is 17.2 Å². The molecule has 1 unspecified atom stereocenters. The number of hydrogen-bond acceptors (Lipinski definition) is 2. The van der Waals surface area contributed by atoms with Crippen LogP contribution in [0.1, 0.15) is 57.5 Å². The average Bonchev–Trinajstić information content (AvgIpc) is 2.36. The van der Waals surface area contributed by atoms with Gasteiger partial charge in [-0.2, -0.15) is 0 Å². The van der Waals surface area contributed by atoms with E-state index in [0.717, 1.165) is 6.07 Å². The second-order valence-corrected chi connectivity index (χ2v) is 7.28. The lowest BCUT2D eigenvalue weighted by Crippen LogP contribution is -2.55. The minimum atomic E-state index is -1.63. The molecular weight excluding hydrogens is 306 g/mol. The molecule has 1 aromatic carbocycles. The van der Waals surface area contributed by atoms with Crippen LogP contribution in [0.15, 0.2) is 12.1 Å². The van der Waals surface area contributed by atoms with Crippen molar-refractivity contribution in [2.75, 3.05) is 0 Å². The molecule has 0 fully saturated rings. The van der Waals surface area contributed by atoms with Crippen LogP contribution >= 0.6 is 0 Å². The molecule has 3 nitrogen and oxygen atoms in total. The number of halogens is 2. The summed E-state index contributed by atoms with van der Waals surface area (Å²) in [5.41, 5.74) is -3.18. The molecule has 1 N–H and O–H groups in total. The summed E-state index contributed by atoms with van der Waals surface area (Å²) in [4.78, 5) is 11.2. The molecule has 0 bridgehead atoms. The molecule has 0 aliphatic rings. The van der Waals surface area contributed by atoms with E-state index in [1.54, 1.807) is 20.8 Å². The molecule has 6 heteroatoms. The molecule has 1 rings (SSSR count). The van der Waals surface area contributed by atoms with Crippen LogP contribution in [0.3, 0.4) is 0 Å². The Hall–Kier alpha value is -1.27. The molecule has 1 aromatic rings. The summed E-state index contributed by atoms with van der Waals surface area (Å²) in [7, 11) is 3.02. The normalized spacial score (nSPS) is 15.5. The van der Waals surface area contributed by atoms with Crippen molar-refractivity contribution in [2.45, 2.75) is 52.6 Å². The topological polar surface area (TPSA) is 46.5 Å². The van der Waals surface area contributed by atoms with Gasteiger partial charge in [-0.25, -0.2) is 13.6 Å². The zero-order chi connectivity index (χ0) is 17.5. The van der Waals surface area contributed by atoms with Gasteiger partial charge in [0.15, 0.2) is 0 Å². The summed E-state index contributed by atoms with van der Waals surface area (Å²) in [6, 6.07) is 2.27. The van der Waals surface area contributed by atoms with E-state index in [-0.39, 0.29) is 5.56 Å². The zero-order valence-electron chi connectivity index (χ0n) is 13.7. The first kappa shape index (κ1) is 18.8. The van der Waals surface area contributed by atoms with E-state index in [1.807, 2.05) is 20.8 Å². The van der Waals surface area contributed by atoms with Gasteiger partial charge < -0.3 is 9.53 Å². The molecule has 1 atom stereocenters. The Morgan fingerprint density at radius 3 is 2.00 bits per heavy atom. The second-order valence-electron chi connectivity index (χ2n) is 7.08. The van der Waals surface area contributed by atoms with E-state index in [9.17, 15) is 13.6 Å². The summed E-state index contributed by atoms with van der Waals surface area (Å²) < 4.78 is 33.8. The van der Waals surface area contributed by atoms with E-state index in [1.165, 1.54) is 6.07 Å². The fourth-order valence-corrected chi connectivity index (χ4v) is 3.07. The predicted octanol–water partition coefficient (Wildman–Crippen LogP) is 3.85. The highest BCUT2D eigenvalue weighted by atomic mass is 28.2. The zero-order valence-corrected chi connectivity index (χ0v) is 14.7. The standard InChI is InChI=1S/C16H21F2O3Si/c1-14(2,3)16(6,15(4,5)21-22)9-7-8-10(17)11(12(9)18)13(19)20/h7-8H,1-6H3,(H,19,20). The van der Waals surface area contributed by atoms with Crippen LogP contribution in [0.4, 0.5) is 8.78 Å². The first-order valence-corrected chi connectivity index (χ1v) is 7.28. The third-order valence-corrected chi connectivity index (χ3v) is 5.31. The number of carboxylic acids is 1. The van der Waals surface area contributed by atoms with E-state index in [0.29, 0.717) is 0 Å². The van der Waals surface area contributed by atoms with Crippen molar-refractivity contribution in [1.29, 1.82) is 0 Å². The third kappa shape index (κ3) is 2.70. The van der Waals surface area contributed by atoms with E-state index >= 15 is 0 Å². The number of aromatic carboxylic acids is 1. The van der Waals surface area contributed by atoms with Crippen molar-refractivity contribution >= 4 is 16.5 Å². The lowest BCUT2D eigenvalue weighted by atomic mass is 9.56. The lowest BCUT2D eigenvalue weighted by molar-refractivity contribution is -0.0288.